The summed E-state index contributed by atoms with van der Waals surface area (Å²) in [6, 6.07) is 44.5. The van der Waals surface area contributed by atoms with Crippen LogP contribution in [0.5, 0.6) is 0 Å². The van der Waals surface area contributed by atoms with Crippen LogP contribution in [0.2, 0.25) is 0 Å². The van der Waals surface area contributed by atoms with Gasteiger partial charge in [0.2, 0.25) is 0 Å². The molecular weight excluding hydrogens is 567 g/mol. The molecule has 0 radical (unpaired) electrons. The van der Waals surface area contributed by atoms with Crippen molar-refractivity contribution in [1.82, 2.24) is 0 Å². The van der Waals surface area contributed by atoms with Crippen LogP contribution in [0.15, 0.2) is 115 Å². The predicted octanol–water partition coefficient (Wildman–Crippen LogP) is 11.8. The Balaban J connectivity index is 1.18. The highest BCUT2D eigenvalue weighted by Crippen LogP contribution is 2.69. The highest BCUT2D eigenvalue weighted by atomic mass is 15.1. The molecule has 1 spiro atoms. The van der Waals surface area contributed by atoms with Crippen molar-refractivity contribution in [1.29, 1.82) is 0 Å². The van der Waals surface area contributed by atoms with Gasteiger partial charge in [0.05, 0.1) is 0 Å². The summed E-state index contributed by atoms with van der Waals surface area (Å²) >= 11 is 0. The number of nitrogens with zero attached hydrogens (tertiary/aromatic N) is 1. The number of benzene rings is 5. The van der Waals surface area contributed by atoms with Crippen molar-refractivity contribution < 1.29 is 0 Å². The van der Waals surface area contributed by atoms with Crippen LogP contribution in [0.1, 0.15) is 93.2 Å². The molecule has 1 heteroatoms. The zero-order valence-electron chi connectivity index (χ0n) is 28.3. The van der Waals surface area contributed by atoms with E-state index in [9.17, 15) is 0 Å². The lowest BCUT2D eigenvalue weighted by Gasteiger charge is -2.64. The normalized spacial score (nSPS) is 28.0. The SMILES string of the molecule is CC1(C)c2ccccc2-c2ccc(N(c3ccccc3)c3ccc4c(c3)C(C)(C)c3ccccc3C43C4CC5CC(C4)CC3C5)cc21. The quantitative estimate of drug-likeness (QED) is 0.196. The Morgan fingerprint density at radius 3 is 1.64 bits per heavy atom. The van der Waals surface area contributed by atoms with Crippen molar-refractivity contribution in [3.63, 3.8) is 0 Å². The van der Waals surface area contributed by atoms with Gasteiger partial charge in [0, 0.05) is 33.3 Å². The lowest BCUT2D eigenvalue weighted by atomic mass is 9.39. The lowest BCUT2D eigenvalue weighted by Crippen LogP contribution is -2.58. The highest BCUT2D eigenvalue weighted by Gasteiger charge is 2.62. The molecule has 5 aromatic rings. The molecule has 4 fully saturated rings. The van der Waals surface area contributed by atoms with Gasteiger partial charge in [-0.1, -0.05) is 107 Å². The Morgan fingerprint density at radius 1 is 0.426 bits per heavy atom. The molecule has 0 amide bonds. The van der Waals surface area contributed by atoms with Gasteiger partial charge in [0.1, 0.15) is 0 Å². The minimum Gasteiger partial charge on any atom is -0.310 e. The number of rotatable bonds is 3. The van der Waals surface area contributed by atoms with Crippen LogP contribution in [0.4, 0.5) is 17.1 Å². The smallest absolute Gasteiger partial charge is 0.0465 e. The molecule has 47 heavy (non-hydrogen) atoms. The Labute approximate surface area is 280 Å². The molecule has 0 atom stereocenters. The zero-order chi connectivity index (χ0) is 31.7. The Hall–Kier alpha value is -4.10. The number of para-hydroxylation sites is 1. The average molecular weight is 612 g/mol. The van der Waals surface area contributed by atoms with Gasteiger partial charge in [-0.3, -0.25) is 0 Å². The molecule has 6 aliphatic rings. The van der Waals surface area contributed by atoms with E-state index in [0.717, 1.165) is 23.7 Å². The van der Waals surface area contributed by atoms with Crippen molar-refractivity contribution >= 4 is 17.1 Å². The molecular formula is C46H45N. The van der Waals surface area contributed by atoms with Crippen molar-refractivity contribution in [2.45, 2.75) is 76.0 Å². The maximum Gasteiger partial charge on any atom is 0.0465 e. The third-order valence-corrected chi connectivity index (χ3v) is 13.7. The summed E-state index contributed by atoms with van der Waals surface area (Å²) in [5.74, 6) is 3.39. The van der Waals surface area contributed by atoms with E-state index in [4.69, 9.17) is 0 Å². The average Bonchev–Trinajstić information content (AvgIpc) is 3.31. The van der Waals surface area contributed by atoms with Crippen LogP contribution >= 0.6 is 0 Å². The van der Waals surface area contributed by atoms with Crippen LogP contribution in [0.3, 0.4) is 0 Å². The molecule has 1 nitrogen and oxygen atoms in total. The zero-order valence-corrected chi connectivity index (χ0v) is 28.3. The third kappa shape index (κ3) is 3.61. The van der Waals surface area contributed by atoms with E-state index in [2.05, 4.69) is 148 Å². The molecule has 0 aliphatic heterocycles. The van der Waals surface area contributed by atoms with E-state index in [1.165, 1.54) is 77.0 Å². The van der Waals surface area contributed by atoms with Crippen molar-refractivity contribution in [2.24, 2.45) is 23.7 Å². The topological polar surface area (TPSA) is 3.24 Å². The monoisotopic (exact) mass is 611 g/mol. The van der Waals surface area contributed by atoms with Gasteiger partial charge >= 0.3 is 0 Å². The summed E-state index contributed by atoms with van der Waals surface area (Å²) < 4.78 is 0. The largest absolute Gasteiger partial charge is 0.310 e. The minimum atomic E-state index is -0.0776. The molecule has 6 aliphatic carbocycles. The van der Waals surface area contributed by atoms with Crippen molar-refractivity contribution in [3.05, 3.63) is 149 Å². The van der Waals surface area contributed by atoms with Crippen LogP contribution in [-0.4, -0.2) is 0 Å². The molecule has 0 saturated heterocycles. The molecule has 4 bridgehead atoms. The summed E-state index contributed by atoms with van der Waals surface area (Å²) in [5, 5.41) is 0. The van der Waals surface area contributed by atoms with E-state index >= 15 is 0 Å². The summed E-state index contributed by atoms with van der Waals surface area (Å²) in [7, 11) is 0. The van der Waals surface area contributed by atoms with E-state index in [0.29, 0.717) is 0 Å². The van der Waals surface area contributed by atoms with Gasteiger partial charge in [-0.25, -0.2) is 0 Å². The third-order valence-electron chi connectivity index (χ3n) is 13.7. The van der Waals surface area contributed by atoms with Crippen molar-refractivity contribution in [3.8, 4) is 11.1 Å². The fourth-order valence-corrected chi connectivity index (χ4v) is 11.9. The second-order valence-electron chi connectivity index (χ2n) is 16.6. The van der Waals surface area contributed by atoms with E-state index in [-0.39, 0.29) is 16.2 Å². The van der Waals surface area contributed by atoms with Gasteiger partial charge < -0.3 is 4.90 Å². The summed E-state index contributed by atoms with van der Waals surface area (Å²) in [5.41, 5.74) is 15.7. The second-order valence-corrected chi connectivity index (χ2v) is 16.6. The first-order valence-electron chi connectivity index (χ1n) is 18.1. The van der Waals surface area contributed by atoms with E-state index < -0.39 is 0 Å². The lowest BCUT2D eigenvalue weighted by molar-refractivity contribution is -0.0443. The fourth-order valence-electron chi connectivity index (χ4n) is 11.9. The Morgan fingerprint density at radius 2 is 0.936 bits per heavy atom. The first kappa shape index (κ1) is 28.0. The molecule has 0 aromatic heterocycles. The van der Waals surface area contributed by atoms with Crippen LogP contribution in [0.25, 0.3) is 11.1 Å². The van der Waals surface area contributed by atoms with Gasteiger partial charge in [-0.2, -0.15) is 0 Å². The summed E-state index contributed by atoms with van der Waals surface area (Å²) in [6.45, 7) is 9.74. The summed E-state index contributed by atoms with van der Waals surface area (Å²) in [4.78, 5) is 2.51. The maximum atomic E-state index is 2.60. The molecule has 5 aromatic carbocycles. The predicted molar refractivity (Wildman–Crippen MR) is 195 cm³/mol. The van der Waals surface area contributed by atoms with Gasteiger partial charge in [0.25, 0.3) is 0 Å². The van der Waals surface area contributed by atoms with Crippen molar-refractivity contribution in [2.75, 3.05) is 4.90 Å². The standard InChI is InChI=1S/C46H45N/c1-44(2)38-15-9-8-14-36(38)37-20-18-34(27-42(37)44)47(33-12-6-5-7-13-33)35-19-21-41-43(28-35)45(3,4)39-16-10-11-17-40(39)46(41)31-23-29-22-30(25-31)26-32(46)24-29/h5-21,27-32H,22-26H2,1-4H3. The number of fused-ring (bicyclic) bond motifs is 5. The van der Waals surface area contributed by atoms with Crippen LogP contribution < -0.4 is 4.90 Å². The van der Waals surface area contributed by atoms with Gasteiger partial charge in [-0.05, 0) is 137 Å². The summed E-state index contributed by atoms with van der Waals surface area (Å²) in [6.07, 6.45) is 7.12. The second kappa shape index (κ2) is 9.50. The van der Waals surface area contributed by atoms with Gasteiger partial charge in [-0.15, -0.1) is 0 Å². The first-order valence-corrected chi connectivity index (χ1v) is 18.1. The molecule has 4 saturated carbocycles. The highest BCUT2D eigenvalue weighted by molar-refractivity contribution is 5.86. The Bertz CT molecular complexity index is 2030. The van der Waals surface area contributed by atoms with Crippen LogP contribution in [-0.2, 0) is 16.2 Å². The van der Waals surface area contributed by atoms with Gasteiger partial charge in [0.15, 0.2) is 0 Å². The molecule has 0 heterocycles. The molecule has 0 N–H and O–H groups in total. The first-order chi connectivity index (χ1) is 22.8. The number of anilines is 3. The molecule has 0 unspecified atom stereocenters. The molecule has 11 rings (SSSR count). The fraction of sp³-hybridized carbons (Fsp3) is 0.348. The number of hydrogen-bond acceptors (Lipinski definition) is 1. The van der Waals surface area contributed by atoms with E-state index in [1.54, 1.807) is 16.7 Å². The van der Waals surface area contributed by atoms with E-state index in [1.807, 2.05) is 0 Å². The maximum absolute atomic E-state index is 2.60. The minimum absolute atomic E-state index is 0.0439. The number of hydrogen-bond donors (Lipinski definition) is 0. The van der Waals surface area contributed by atoms with Crippen LogP contribution in [0, 0.1) is 23.7 Å². The molecule has 234 valence electrons. The Kier molecular flexibility index (Phi) is 5.65.